The average Bonchev–Trinajstić information content (AvgIpc) is 2.84. The van der Waals surface area contributed by atoms with Crippen LogP contribution in [0, 0.1) is 6.92 Å². The molecule has 2 aliphatic rings. The van der Waals surface area contributed by atoms with Gasteiger partial charge in [0, 0.05) is 23.8 Å². The zero-order chi connectivity index (χ0) is 16.2. The maximum atomic E-state index is 12.0. The molecule has 0 spiro atoms. The van der Waals surface area contributed by atoms with Crippen LogP contribution in [0.3, 0.4) is 0 Å². The molecule has 4 N–H and O–H groups in total. The molecule has 23 heavy (non-hydrogen) atoms. The van der Waals surface area contributed by atoms with Gasteiger partial charge in [-0.25, -0.2) is 4.79 Å². The van der Waals surface area contributed by atoms with Crippen LogP contribution in [0.15, 0.2) is 24.3 Å². The van der Waals surface area contributed by atoms with Crippen LogP contribution in [0.1, 0.15) is 31.2 Å². The zero-order valence-corrected chi connectivity index (χ0v) is 13.4. The highest BCUT2D eigenvalue weighted by Crippen LogP contribution is 2.26. The van der Waals surface area contributed by atoms with Gasteiger partial charge in [0.05, 0.1) is 6.54 Å². The highest BCUT2D eigenvalue weighted by molar-refractivity contribution is 5.92. The van der Waals surface area contributed by atoms with Crippen molar-refractivity contribution in [1.29, 1.82) is 0 Å². The van der Waals surface area contributed by atoms with E-state index in [1.807, 2.05) is 31.2 Å². The van der Waals surface area contributed by atoms with Gasteiger partial charge < -0.3 is 21.3 Å². The third kappa shape index (κ3) is 4.45. The number of amides is 3. The van der Waals surface area contributed by atoms with Crippen molar-refractivity contribution in [3.05, 3.63) is 29.8 Å². The number of aryl methyl sites for hydroxylation is 1. The topological polar surface area (TPSA) is 82.3 Å². The fourth-order valence-electron chi connectivity index (χ4n) is 3.51. The second kappa shape index (κ2) is 7.00. The van der Waals surface area contributed by atoms with E-state index in [1.54, 1.807) is 0 Å². The summed E-state index contributed by atoms with van der Waals surface area (Å²) in [5.41, 5.74) is 1.79. The molecule has 2 aliphatic heterocycles. The minimum absolute atomic E-state index is 0.00306. The van der Waals surface area contributed by atoms with E-state index >= 15 is 0 Å². The van der Waals surface area contributed by atoms with Gasteiger partial charge in [-0.3, -0.25) is 4.79 Å². The van der Waals surface area contributed by atoms with Crippen LogP contribution in [-0.4, -0.2) is 36.6 Å². The molecule has 2 unspecified atom stereocenters. The first kappa shape index (κ1) is 15.8. The molecule has 2 bridgehead atoms. The molecule has 0 saturated carbocycles. The number of piperidine rings is 1. The lowest BCUT2D eigenvalue weighted by Crippen LogP contribution is -2.50. The average molecular weight is 316 g/mol. The number of hydrogen-bond donors (Lipinski definition) is 4. The first-order valence-electron chi connectivity index (χ1n) is 8.25. The molecule has 2 fully saturated rings. The predicted molar refractivity (Wildman–Crippen MR) is 89.3 cm³/mol. The van der Waals surface area contributed by atoms with Gasteiger partial charge in [0.15, 0.2) is 0 Å². The summed E-state index contributed by atoms with van der Waals surface area (Å²) in [7, 11) is 0. The zero-order valence-electron chi connectivity index (χ0n) is 13.4. The first-order valence-corrected chi connectivity index (χ1v) is 8.25. The summed E-state index contributed by atoms with van der Waals surface area (Å²) in [6.45, 7) is 1.96. The monoisotopic (exact) mass is 316 g/mol. The van der Waals surface area contributed by atoms with Gasteiger partial charge in [0.25, 0.3) is 0 Å². The smallest absolute Gasteiger partial charge is 0.319 e. The number of hydrogen-bond acceptors (Lipinski definition) is 3. The van der Waals surface area contributed by atoms with Crippen LogP contribution >= 0.6 is 0 Å². The molecule has 1 aromatic rings. The molecule has 2 atom stereocenters. The Balaban J connectivity index is 1.39. The summed E-state index contributed by atoms with van der Waals surface area (Å²) in [6.07, 6.45) is 4.37. The van der Waals surface area contributed by atoms with Crippen LogP contribution in [0.2, 0.25) is 0 Å². The van der Waals surface area contributed by atoms with Gasteiger partial charge >= 0.3 is 6.03 Å². The van der Waals surface area contributed by atoms with Crippen molar-refractivity contribution in [2.45, 2.75) is 50.7 Å². The minimum atomic E-state index is -0.365. The Morgan fingerprint density at radius 1 is 1.22 bits per heavy atom. The van der Waals surface area contributed by atoms with Gasteiger partial charge in [-0.05, 0) is 50.3 Å². The van der Waals surface area contributed by atoms with Gasteiger partial charge in [-0.2, -0.15) is 0 Å². The van der Waals surface area contributed by atoms with Crippen molar-refractivity contribution in [2.75, 3.05) is 11.9 Å². The van der Waals surface area contributed by atoms with Gasteiger partial charge in [-0.15, -0.1) is 0 Å². The molecule has 0 aliphatic carbocycles. The summed E-state index contributed by atoms with van der Waals surface area (Å²) in [4.78, 5) is 23.8. The first-order chi connectivity index (χ1) is 11.1. The second-order valence-electron chi connectivity index (χ2n) is 6.55. The summed E-state index contributed by atoms with van der Waals surface area (Å²) in [6, 6.07) is 8.47. The minimum Gasteiger partial charge on any atom is -0.352 e. The van der Waals surface area contributed by atoms with Crippen molar-refractivity contribution >= 4 is 17.6 Å². The molecule has 0 aromatic heterocycles. The molecule has 2 heterocycles. The maximum Gasteiger partial charge on any atom is 0.319 e. The highest BCUT2D eigenvalue weighted by Gasteiger charge is 2.33. The second-order valence-corrected chi connectivity index (χ2v) is 6.55. The van der Waals surface area contributed by atoms with Crippen LogP contribution < -0.4 is 21.3 Å². The van der Waals surface area contributed by atoms with E-state index in [-0.39, 0.29) is 24.5 Å². The molecule has 6 nitrogen and oxygen atoms in total. The number of rotatable bonds is 4. The Bertz CT molecular complexity index is 578. The molecular weight excluding hydrogens is 292 g/mol. The number of carbonyl (C=O) groups is 2. The van der Waals surface area contributed by atoms with E-state index < -0.39 is 0 Å². The molecule has 1 aromatic carbocycles. The number of carbonyl (C=O) groups excluding carboxylic acids is 2. The lowest BCUT2D eigenvalue weighted by molar-refractivity contribution is -0.121. The Morgan fingerprint density at radius 2 is 1.96 bits per heavy atom. The number of anilines is 1. The lowest BCUT2D eigenvalue weighted by atomic mass is 10.00. The van der Waals surface area contributed by atoms with Crippen LogP contribution in [0.5, 0.6) is 0 Å². The Labute approximate surface area is 136 Å². The van der Waals surface area contributed by atoms with E-state index in [0.717, 1.165) is 24.1 Å². The molecular formula is C17H24N4O2. The molecule has 0 radical (unpaired) electrons. The molecule has 2 saturated heterocycles. The molecule has 6 heteroatoms. The summed E-state index contributed by atoms with van der Waals surface area (Å²) in [5, 5.41) is 11.9. The van der Waals surface area contributed by atoms with Crippen molar-refractivity contribution < 1.29 is 9.59 Å². The molecule has 124 valence electrons. The third-order valence-corrected chi connectivity index (χ3v) is 4.52. The Kier molecular flexibility index (Phi) is 4.81. The Morgan fingerprint density at radius 3 is 2.65 bits per heavy atom. The maximum absolute atomic E-state index is 12.0. The van der Waals surface area contributed by atoms with E-state index in [1.165, 1.54) is 12.8 Å². The van der Waals surface area contributed by atoms with Gasteiger partial charge in [0.2, 0.25) is 5.91 Å². The normalized spacial score (nSPS) is 25.7. The lowest BCUT2D eigenvalue weighted by Gasteiger charge is -2.29. The van der Waals surface area contributed by atoms with E-state index in [4.69, 9.17) is 0 Å². The van der Waals surface area contributed by atoms with Crippen LogP contribution in [0.4, 0.5) is 10.5 Å². The van der Waals surface area contributed by atoms with E-state index in [9.17, 15) is 9.59 Å². The van der Waals surface area contributed by atoms with Crippen LogP contribution in [-0.2, 0) is 4.79 Å². The van der Waals surface area contributed by atoms with E-state index in [0.29, 0.717) is 12.1 Å². The summed E-state index contributed by atoms with van der Waals surface area (Å²) in [5.74, 6) is -0.129. The van der Waals surface area contributed by atoms with Gasteiger partial charge in [0.1, 0.15) is 0 Å². The van der Waals surface area contributed by atoms with Crippen molar-refractivity contribution in [3.63, 3.8) is 0 Å². The highest BCUT2D eigenvalue weighted by atomic mass is 16.2. The standard InChI is InChI=1S/C17H24N4O2/c1-11-3-2-4-12(7-11)21-17(23)18-10-16(22)20-15-8-13-5-6-14(9-15)19-13/h2-4,7,13-15,19H,5-6,8-10H2,1H3,(H,20,22)(H2,18,21,23). The largest absolute Gasteiger partial charge is 0.352 e. The number of benzene rings is 1. The van der Waals surface area contributed by atoms with E-state index in [2.05, 4.69) is 21.3 Å². The quantitative estimate of drug-likeness (QED) is 0.680. The fraction of sp³-hybridized carbons (Fsp3) is 0.529. The molecule has 3 amide bonds. The summed E-state index contributed by atoms with van der Waals surface area (Å²) >= 11 is 0. The van der Waals surface area contributed by atoms with Crippen molar-refractivity contribution in [3.8, 4) is 0 Å². The number of urea groups is 1. The SMILES string of the molecule is Cc1cccc(NC(=O)NCC(=O)NC2CC3CCC(C2)N3)c1. The Hall–Kier alpha value is -2.08. The molecule has 3 rings (SSSR count). The van der Waals surface area contributed by atoms with Crippen LogP contribution in [0.25, 0.3) is 0 Å². The third-order valence-electron chi connectivity index (χ3n) is 4.52. The fourth-order valence-corrected chi connectivity index (χ4v) is 3.51. The van der Waals surface area contributed by atoms with Gasteiger partial charge in [-0.1, -0.05) is 12.1 Å². The van der Waals surface area contributed by atoms with Crippen molar-refractivity contribution in [1.82, 2.24) is 16.0 Å². The number of nitrogens with one attached hydrogen (secondary N) is 4. The predicted octanol–water partition coefficient (Wildman–Crippen LogP) is 1.52. The number of fused-ring (bicyclic) bond motifs is 2. The van der Waals surface area contributed by atoms with Crippen molar-refractivity contribution in [2.24, 2.45) is 0 Å². The summed E-state index contributed by atoms with van der Waals surface area (Å²) < 4.78 is 0.